The standard InChI is InChI=1S/C34H54N2O3/c1-7-9-11-13-14-15-23-35-29-20-21-30-31(26-29)36(6)34(37)33(32(30)38-24-16-12-10-8-2)39-25-22-28(5)19-17-18-27(3)4/h18,20-22,26,35H,7-17,19,23-25H2,1-6H3/b28-22+. The lowest BCUT2D eigenvalue weighted by Crippen LogP contribution is -2.21. The van der Waals surface area contributed by atoms with Crippen molar-refractivity contribution in [3.8, 4) is 11.5 Å². The number of unbranched alkanes of at least 4 members (excludes halogenated alkanes) is 8. The van der Waals surface area contributed by atoms with Gasteiger partial charge in [-0.05, 0) is 70.7 Å². The molecule has 1 aromatic carbocycles. The summed E-state index contributed by atoms with van der Waals surface area (Å²) in [6.07, 6.45) is 18.4. The maximum Gasteiger partial charge on any atom is 0.297 e. The number of nitrogens with one attached hydrogen (secondary N) is 1. The summed E-state index contributed by atoms with van der Waals surface area (Å²) in [5, 5.41) is 4.46. The first-order valence-corrected chi connectivity index (χ1v) is 15.3. The molecule has 0 atom stereocenters. The molecular formula is C34H54N2O3. The largest absolute Gasteiger partial charge is 0.489 e. The Balaban J connectivity index is 2.21. The van der Waals surface area contributed by atoms with E-state index >= 15 is 0 Å². The van der Waals surface area contributed by atoms with Gasteiger partial charge in [0.05, 0.1) is 12.1 Å². The van der Waals surface area contributed by atoms with Crippen molar-refractivity contribution in [2.75, 3.05) is 25.1 Å². The predicted octanol–water partition coefficient (Wildman–Crippen LogP) is 9.34. The number of ether oxygens (including phenoxy) is 2. The van der Waals surface area contributed by atoms with Crippen LogP contribution in [0, 0.1) is 0 Å². The molecule has 218 valence electrons. The van der Waals surface area contributed by atoms with Gasteiger partial charge in [-0.25, -0.2) is 0 Å². The van der Waals surface area contributed by atoms with Gasteiger partial charge in [-0.15, -0.1) is 0 Å². The number of hydrogen-bond donors (Lipinski definition) is 1. The fourth-order valence-electron chi connectivity index (χ4n) is 4.66. The third-order valence-corrected chi connectivity index (χ3v) is 7.16. The van der Waals surface area contributed by atoms with Crippen LogP contribution in [-0.2, 0) is 7.05 Å². The van der Waals surface area contributed by atoms with Crippen molar-refractivity contribution in [1.29, 1.82) is 0 Å². The lowest BCUT2D eigenvalue weighted by Gasteiger charge is -2.18. The second kappa shape index (κ2) is 18.6. The molecule has 1 heterocycles. The molecule has 0 unspecified atom stereocenters. The number of anilines is 1. The lowest BCUT2D eigenvalue weighted by atomic mass is 10.1. The predicted molar refractivity (Wildman–Crippen MR) is 169 cm³/mol. The topological polar surface area (TPSA) is 52.5 Å². The van der Waals surface area contributed by atoms with Crippen molar-refractivity contribution in [3.05, 3.63) is 51.9 Å². The minimum atomic E-state index is -0.158. The van der Waals surface area contributed by atoms with E-state index in [1.165, 1.54) is 56.1 Å². The zero-order valence-electron chi connectivity index (χ0n) is 25.7. The van der Waals surface area contributed by atoms with E-state index in [1.807, 2.05) is 7.05 Å². The van der Waals surface area contributed by atoms with Crippen LogP contribution in [0.15, 0.2) is 46.3 Å². The SMILES string of the molecule is CCCCCCCCNc1ccc2c(OCCCCCC)c(OC/C=C(\C)CCC=C(C)C)c(=O)n(C)c2c1. The van der Waals surface area contributed by atoms with Crippen LogP contribution in [0.2, 0.25) is 0 Å². The summed E-state index contributed by atoms with van der Waals surface area (Å²) in [6.45, 7) is 12.7. The van der Waals surface area contributed by atoms with Gasteiger partial charge in [-0.2, -0.15) is 0 Å². The van der Waals surface area contributed by atoms with Gasteiger partial charge in [-0.1, -0.05) is 82.4 Å². The molecule has 2 aromatic rings. The van der Waals surface area contributed by atoms with Crippen LogP contribution in [0.25, 0.3) is 10.9 Å². The fraction of sp³-hybridized carbons (Fsp3) is 0.618. The maximum atomic E-state index is 13.5. The highest BCUT2D eigenvalue weighted by molar-refractivity contribution is 5.90. The average molecular weight is 539 g/mol. The Labute approximate surface area is 237 Å². The molecule has 0 spiro atoms. The van der Waals surface area contributed by atoms with Gasteiger partial charge in [0.1, 0.15) is 6.61 Å². The van der Waals surface area contributed by atoms with Gasteiger partial charge in [0.25, 0.3) is 5.56 Å². The summed E-state index contributed by atoms with van der Waals surface area (Å²) in [4.78, 5) is 13.5. The molecule has 0 bridgehead atoms. The van der Waals surface area contributed by atoms with E-state index in [0.29, 0.717) is 24.7 Å². The van der Waals surface area contributed by atoms with Gasteiger partial charge in [0.15, 0.2) is 5.75 Å². The van der Waals surface area contributed by atoms with Crippen LogP contribution >= 0.6 is 0 Å². The van der Waals surface area contributed by atoms with Gasteiger partial charge >= 0.3 is 0 Å². The second-order valence-electron chi connectivity index (χ2n) is 11.0. The zero-order valence-corrected chi connectivity index (χ0v) is 25.7. The Kier molecular flexibility index (Phi) is 15.5. The van der Waals surface area contributed by atoms with E-state index < -0.39 is 0 Å². The fourth-order valence-corrected chi connectivity index (χ4v) is 4.66. The monoisotopic (exact) mass is 538 g/mol. The van der Waals surface area contributed by atoms with Crippen molar-refractivity contribution in [1.82, 2.24) is 4.57 Å². The van der Waals surface area contributed by atoms with Crippen LogP contribution in [-0.4, -0.2) is 24.3 Å². The summed E-state index contributed by atoms with van der Waals surface area (Å²) in [7, 11) is 1.82. The average Bonchev–Trinajstić information content (AvgIpc) is 2.91. The Morgan fingerprint density at radius 1 is 0.872 bits per heavy atom. The molecule has 0 saturated carbocycles. The molecular weight excluding hydrogens is 484 g/mol. The first kappa shape index (κ1) is 32.5. The highest BCUT2D eigenvalue weighted by atomic mass is 16.5. The molecule has 1 N–H and O–H groups in total. The number of aryl methyl sites for hydroxylation is 1. The summed E-state index contributed by atoms with van der Waals surface area (Å²) in [6, 6.07) is 6.22. The van der Waals surface area contributed by atoms with Crippen molar-refractivity contribution >= 4 is 16.6 Å². The van der Waals surface area contributed by atoms with Crippen molar-refractivity contribution < 1.29 is 9.47 Å². The first-order chi connectivity index (χ1) is 18.9. The number of hydrogen-bond acceptors (Lipinski definition) is 4. The minimum Gasteiger partial charge on any atom is -0.489 e. The summed E-state index contributed by atoms with van der Waals surface area (Å²) in [5.41, 5.74) is 4.32. The molecule has 0 aliphatic rings. The van der Waals surface area contributed by atoms with Crippen LogP contribution in [0.1, 0.15) is 112 Å². The highest BCUT2D eigenvalue weighted by Crippen LogP contribution is 2.34. The highest BCUT2D eigenvalue weighted by Gasteiger charge is 2.18. The minimum absolute atomic E-state index is 0.158. The molecule has 0 radical (unpaired) electrons. The molecule has 0 saturated heterocycles. The van der Waals surface area contributed by atoms with Crippen LogP contribution in [0.4, 0.5) is 5.69 Å². The molecule has 5 nitrogen and oxygen atoms in total. The summed E-state index contributed by atoms with van der Waals surface area (Å²) in [5.74, 6) is 0.879. The van der Waals surface area contributed by atoms with E-state index in [0.717, 1.165) is 55.2 Å². The smallest absolute Gasteiger partial charge is 0.297 e. The summed E-state index contributed by atoms with van der Waals surface area (Å²) < 4.78 is 14.1. The van der Waals surface area contributed by atoms with E-state index in [9.17, 15) is 4.79 Å². The van der Waals surface area contributed by atoms with E-state index in [2.05, 4.69) is 70.3 Å². The number of fused-ring (bicyclic) bond motifs is 1. The third-order valence-electron chi connectivity index (χ3n) is 7.16. The van der Waals surface area contributed by atoms with Gasteiger partial charge in [0, 0.05) is 24.7 Å². The molecule has 5 heteroatoms. The van der Waals surface area contributed by atoms with E-state index in [-0.39, 0.29) is 5.56 Å². The zero-order chi connectivity index (χ0) is 28.5. The van der Waals surface area contributed by atoms with Crippen LogP contribution in [0.5, 0.6) is 11.5 Å². The van der Waals surface area contributed by atoms with E-state index in [4.69, 9.17) is 9.47 Å². The Hall–Kier alpha value is -2.69. The molecule has 2 rings (SSSR count). The van der Waals surface area contributed by atoms with Crippen molar-refractivity contribution in [2.24, 2.45) is 7.05 Å². The van der Waals surface area contributed by atoms with Gasteiger partial charge in [0.2, 0.25) is 5.75 Å². The molecule has 1 aromatic heterocycles. The molecule has 0 aliphatic carbocycles. The molecule has 0 aliphatic heterocycles. The Morgan fingerprint density at radius 3 is 2.28 bits per heavy atom. The van der Waals surface area contributed by atoms with Crippen LogP contribution in [0.3, 0.4) is 0 Å². The number of benzene rings is 1. The number of pyridine rings is 1. The van der Waals surface area contributed by atoms with Crippen molar-refractivity contribution in [3.63, 3.8) is 0 Å². The van der Waals surface area contributed by atoms with Gasteiger partial charge < -0.3 is 19.4 Å². The lowest BCUT2D eigenvalue weighted by molar-refractivity contribution is 0.276. The first-order valence-electron chi connectivity index (χ1n) is 15.3. The maximum absolute atomic E-state index is 13.5. The Bertz CT molecular complexity index is 1110. The van der Waals surface area contributed by atoms with Crippen LogP contribution < -0.4 is 20.3 Å². The number of aromatic nitrogens is 1. The quantitative estimate of drug-likeness (QED) is 0.135. The third kappa shape index (κ3) is 11.5. The Morgan fingerprint density at radius 2 is 1.56 bits per heavy atom. The molecule has 39 heavy (non-hydrogen) atoms. The molecule has 0 fully saturated rings. The number of allylic oxidation sites excluding steroid dienone is 3. The van der Waals surface area contributed by atoms with Crippen molar-refractivity contribution in [2.45, 2.75) is 112 Å². The number of rotatable bonds is 20. The van der Waals surface area contributed by atoms with E-state index in [1.54, 1.807) is 4.57 Å². The number of nitrogens with zero attached hydrogens (tertiary/aromatic N) is 1. The summed E-state index contributed by atoms with van der Waals surface area (Å²) >= 11 is 0. The normalized spacial score (nSPS) is 11.6. The molecule has 0 amide bonds. The van der Waals surface area contributed by atoms with Gasteiger partial charge in [-0.3, -0.25) is 4.79 Å². The second-order valence-corrected chi connectivity index (χ2v) is 11.0.